The summed E-state index contributed by atoms with van der Waals surface area (Å²) >= 11 is 0. The summed E-state index contributed by atoms with van der Waals surface area (Å²) in [5, 5.41) is 0. The van der Waals surface area contributed by atoms with Crippen LogP contribution in [-0.2, 0) is 16.6 Å². The van der Waals surface area contributed by atoms with Crippen molar-refractivity contribution in [3.8, 4) is 0 Å². The summed E-state index contributed by atoms with van der Waals surface area (Å²) in [5.41, 5.74) is 1.49. The molecule has 6 nitrogen and oxygen atoms in total. The summed E-state index contributed by atoms with van der Waals surface area (Å²) < 4.78 is 17.6. The molecule has 0 aliphatic carbocycles. The molecule has 2 aromatic rings. The van der Waals surface area contributed by atoms with Gasteiger partial charge in [-0.15, -0.1) is 0 Å². The molecule has 2 heterocycles. The number of nitrogens with zero attached hydrogens (tertiary/aromatic N) is 2. The van der Waals surface area contributed by atoms with E-state index in [2.05, 4.69) is 4.98 Å². The largest absolute Gasteiger partial charge is 0.448 e. The molecule has 1 aliphatic rings. The van der Waals surface area contributed by atoms with Gasteiger partial charge in [0.1, 0.15) is 5.76 Å². The first-order valence-electron chi connectivity index (χ1n) is 7.71. The topological polar surface area (TPSA) is 80.5 Å². The van der Waals surface area contributed by atoms with Crippen molar-refractivity contribution in [1.29, 1.82) is 0 Å². The van der Waals surface area contributed by atoms with E-state index in [9.17, 15) is 13.8 Å². The first kappa shape index (κ1) is 16.6. The van der Waals surface area contributed by atoms with Gasteiger partial charge in [-0.2, -0.15) is 0 Å². The lowest BCUT2D eigenvalue weighted by molar-refractivity contribution is 0.0664. The maximum Gasteiger partial charge on any atom is 0.261 e. The molecule has 1 aromatic heterocycles. The van der Waals surface area contributed by atoms with Gasteiger partial charge in [-0.1, -0.05) is 26.0 Å². The number of hydrogen-bond acceptors (Lipinski definition) is 5. The zero-order chi connectivity index (χ0) is 17.3. The van der Waals surface area contributed by atoms with Crippen LogP contribution < -0.4 is 0 Å². The highest BCUT2D eigenvalue weighted by Gasteiger charge is 2.34. The highest BCUT2D eigenvalue weighted by Crippen LogP contribution is 2.23. The van der Waals surface area contributed by atoms with Gasteiger partial charge in [-0.3, -0.25) is 18.7 Å². The van der Waals surface area contributed by atoms with Gasteiger partial charge in [-0.05, 0) is 12.1 Å². The molecule has 7 heteroatoms. The molecule has 0 spiro atoms. The van der Waals surface area contributed by atoms with Crippen LogP contribution in [0.15, 0.2) is 35.1 Å². The molecule has 0 bridgehead atoms. The van der Waals surface area contributed by atoms with Gasteiger partial charge >= 0.3 is 0 Å². The molecule has 0 N–H and O–H groups in total. The fraction of sp³-hybridized carbons (Fsp3) is 0.353. The Bertz CT molecular complexity index is 777. The number of oxazole rings is 1. The van der Waals surface area contributed by atoms with E-state index in [4.69, 9.17) is 4.42 Å². The number of fused-ring (bicyclic) bond motifs is 1. The van der Waals surface area contributed by atoms with E-state index in [1.807, 2.05) is 13.8 Å². The molecular weight excluding hydrogens is 328 g/mol. The van der Waals surface area contributed by atoms with Crippen LogP contribution in [0, 0.1) is 0 Å². The lowest BCUT2D eigenvalue weighted by Crippen LogP contribution is -2.33. The lowest BCUT2D eigenvalue weighted by atomic mass is 10.1. The third-order valence-electron chi connectivity index (χ3n) is 3.92. The van der Waals surface area contributed by atoms with Gasteiger partial charge < -0.3 is 4.42 Å². The predicted octanol–water partition coefficient (Wildman–Crippen LogP) is 2.34. The van der Waals surface area contributed by atoms with Crippen LogP contribution in [0.4, 0.5) is 0 Å². The smallest absolute Gasteiger partial charge is 0.261 e. The Morgan fingerprint density at radius 3 is 2.38 bits per heavy atom. The molecule has 1 atom stereocenters. The molecule has 0 saturated heterocycles. The zero-order valence-corrected chi connectivity index (χ0v) is 14.3. The summed E-state index contributed by atoms with van der Waals surface area (Å²) in [6.45, 7) is 4.09. The van der Waals surface area contributed by atoms with Gasteiger partial charge in [0.2, 0.25) is 0 Å². The molecule has 24 heavy (non-hydrogen) atoms. The van der Waals surface area contributed by atoms with Crippen molar-refractivity contribution in [2.24, 2.45) is 0 Å². The zero-order valence-electron chi connectivity index (χ0n) is 13.5. The molecule has 1 aromatic carbocycles. The molecule has 1 unspecified atom stereocenters. The van der Waals surface area contributed by atoms with Crippen LogP contribution in [-0.4, -0.2) is 38.2 Å². The Hall–Kier alpha value is -2.28. The standard InChI is InChI=1S/C17H18N2O4S/c1-11(2)15-14(18-10-23-15)9-24(22)8-7-19-16(20)12-5-3-4-6-13(12)17(19)21/h3-6,10-11H,7-9H2,1-2H3. The average Bonchev–Trinajstić information content (AvgIpc) is 3.11. The van der Waals surface area contributed by atoms with Crippen molar-refractivity contribution in [2.45, 2.75) is 25.5 Å². The predicted molar refractivity (Wildman–Crippen MR) is 89.1 cm³/mol. The number of carbonyl (C=O) groups excluding carboxylic acids is 2. The summed E-state index contributed by atoms with van der Waals surface area (Å²) in [4.78, 5) is 29.8. The van der Waals surface area contributed by atoms with Crippen LogP contribution in [0.1, 0.15) is 51.9 Å². The minimum atomic E-state index is -1.24. The van der Waals surface area contributed by atoms with Gasteiger partial charge in [-0.25, -0.2) is 4.98 Å². The second kappa shape index (κ2) is 6.68. The molecule has 0 fully saturated rings. The van der Waals surface area contributed by atoms with Crippen molar-refractivity contribution in [2.75, 3.05) is 12.3 Å². The van der Waals surface area contributed by atoms with E-state index in [0.717, 1.165) is 10.7 Å². The van der Waals surface area contributed by atoms with E-state index in [-0.39, 0.29) is 35.8 Å². The van der Waals surface area contributed by atoms with Crippen LogP contribution in [0.3, 0.4) is 0 Å². The van der Waals surface area contributed by atoms with Crippen LogP contribution in [0.2, 0.25) is 0 Å². The summed E-state index contributed by atoms with van der Waals surface area (Å²) in [6.07, 6.45) is 1.35. The van der Waals surface area contributed by atoms with E-state index >= 15 is 0 Å². The van der Waals surface area contributed by atoms with Crippen LogP contribution in [0.25, 0.3) is 0 Å². The number of benzene rings is 1. The Balaban J connectivity index is 1.62. The van der Waals surface area contributed by atoms with Gasteiger partial charge in [0.05, 0.1) is 22.6 Å². The maximum atomic E-state index is 12.3. The van der Waals surface area contributed by atoms with E-state index < -0.39 is 10.8 Å². The van der Waals surface area contributed by atoms with Crippen LogP contribution >= 0.6 is 0 Å². The van der Waals surface area contributed by atoms with Gasteiger partial charge in [0.25, 0.3) is 11.8 Å². The lowest BCUT2D eigenvalue weighted by Gasteiger charge is -2.13. The van der Waals surface area contributed by atoms with Crippen molar-refractivity contribution < 1.29 is 18.2 Å². The fourth-order valence-corrected chi connectivity index (χ4v) is 3.77. The first-order chi connectivity index (χ1) is 11.5. The second-order valence-corrected chi connectivity index (χ2v) is 7.49. The van der Waals surface area contributed by atoms with E-state index in [1.54, 1.807) is 24.3 Å². The third-order valence-corrected chi connectivity index (χ3v) is 5.15. The van der Waals surface area contributed by atoms with E-state index in [1.165, 1.54) is 6.39 Å². The van der Waals surface area contributed by atoms with Gasteiger partial charge in [0, 0.05) is 29.0 Å². The number of imide groups is 1. The number of aromatic nitrogens is 1. The quantitative estimate of drug-likeness (QED) is 0.750. The SMILES string of the molecule is CC(C)c1ocnc1CS(=O)CCN1C(=O)c2ccccc2C1=O. The van der Waals surface area contributed by atoms with Crippen molar-refractivity contribution in [3.63, 3.8) is 0 Å². The van der Waals surface area contributed by atoms with E-state index in [0.29, 0.717) is 16.8 Å². The van der Waals surface area contributed by atoms with Gasteiger partial charge in [0.15, 0.2) is 6.39 Å². The fourth-order valence-electron chi connectivity index (χ4n) is 2.72. The van der Waals surface area contributed by atoms with Crippen molar-refractivity contribution in [1.82, 2.24) is 9.88 Å². The normalized spacial score (nSPS) is 15.2. The molecule has 2 amide bonds. The number of carbonyl (C=O) groups is 2. The maximum absolute atomic E-state index is 12.3. The molecule has 3 rings (SSSR count). The Morgan fingerprint density at radius 2 is 1.79 bits per heavy atom. The molecule has 1 aliphatic heterocycles. The third kappa shape index (κ3) is 3.03. The summed E-state index contributed by atoms with van der Waals surface area (Å²) in [6, 6.07) is 6.72. The number of hydrogen-bond donors (Lipinski definition) is 0. The Labute approximate surface area is 142 Å². The number of amides is 2. The molecule has 0 radical (unpaired) electrons. The second-order valence-electron chi connectivity index (χ2n) is 5.91. The average molecular weight is 346 g/mol. The Morgan fingerprint density at radius 1 is 1.17 bits per heavy atom. The molecular formula is C17H18N2O4S. The molecule has 126 valence electrons. The van der Waals surface area contributed by atoms with Crippen molar-refractivity contribution >= 4 is 22.6 Å². The van der Waals surface area contributed by atoms with Crippen molar-refractivity contribution in [3.05, 3.63) is 53.2 Å². The minimum Gasteiger partial charge on any atom is -0.448 e. The summed E-state index contributed by atoms with van der Waals surface area (Å²) in [7, 11) is -1.24. The first-order valence-corrected chi connectivity index (χ1v) is 9.20. The monoisotopic (exact) mass is 346 g/mol. The highest BCUT2D eigenvalue weighted by molar-refractivity contribution is 7.84. The molecule has 0 saturated carbocycles. The minimum absolute atomic E-state index is 0.133. The Kier molecular flexibility index (Phi) is 4.62. The highest BCUT2D eigenvalue weighted by atomic mass is 32.2. The summed E-state index contributed by atoms with van der Waals surface area (Å²) in [5.74, 6) is 0.719. The van der Waals surface area contributed by atoms with Crippen LogP contribution in [0.5, 0.6) is 0 Å². The number of rotatable bonds is 6.